The van der Waals surface area contributed by atoms with Gasteiger partial charge in [-0.05, 0) is 12.8 Å². The monoisotopic (exact) mass is 226 g/mol. The second kappa shape index (κ2) is 4.62. The van der Waals surface area contributed by atoms with Crippen LogP contribution in [0.5, 0.6) is 0 Å². The van der Waals surface area contributed by atoms with Gasteiger partial charge in [0.15, 0.2) is 0 Å². The lowest BCUT2D eigenvalue weighted by molar-refractivity contribution is 0.546. The molecule has 86 valence electrons. The van der Waals surface area contributed by atoms with E-state index in [-0.39, 0.29) is 5.41 Å². The molecule has 0 aromatic carbocycles. The molecule has 3 heteroatoms. The highest BCUT2D eigenvalue weighted by molar-refractivity contribution is 7.11. The highest BCUT2D eigenvalue weighted by Crippen LogP contribution is 2.31. The first kappa shape index (κ1) is 12.7. The Balaban J connectivity index is 2.96. The molecule has 0 spiro atoms. The van der Waals surface area contributed by atoms with Crippen molar-refractivity contribution >= 4 is 11.3 Å². The fourth-order valence-corrected chi connectivity index (χ4v) is 3.00. The van der Waals surface area contributed by atoms with Crippen molar-refractivity contribution in [2.24, 2.45) is 11.7 Å². The van der Waals surface area contributed by atoms with E-state index in [4.69, 9.17) is 5.73 Å². The molecule has 0 atom stereocenters. The van der Waals surface area contributed by atoms with E-state index in [1.54, 1.807) is 0 Å². The second-order valence-electron chi connectivity index (χ2n) is 5.21. The summed E-state index contributed by atoms with van der Waals surface area (Å²) in [5.41, 5.74) is 7.02. The summed E-state index contributed by atoms with van der Waals surface area (Å²) in [7, 11) is 0. The van der Waals surface area contributed by atoms with Crippen LogP contribution in [0, 0.1) is 12.8 Å². The molecule has 0 aliphatic heterocycles. The van der Waals surface area contributed by atoms with Crippen LogP contribution in [-0.4, -0.2) is 11.5 Å². The van der Waals surface area contributed by atoms with E-state index in [0.29, 0.717) is 12.5 Å². The maximum absolute atomic E-state index is 5.80. The van der Waals surface area contributed by atoms with E-state index in [9.17, 15) is 0 Å². The Bertz CT molecular complexity index is 326. The molecule has 0 saturated heterocycles. The maximum atomic E-state index is 5.80. The molecule has 1 heterocycles. The third-order valence-corrected chi connectivity index (χ3v) is 4.09. The molecule has 0 aliphatic rings. The third-order valence-electron chi connectivity index (χ3n) is 2.55. The minimum absolute atomic E-state index is 0.0664. The molecule has 1 aromatic heterocycles. The van der Waals surface area contributed by atoms with Crippen LogP contribution in [0.1, 0.15) is 43.3 Å². The van der Waals surface area contributed by atoms with Crippen molar-refractivity contribution in [3.05, 3.63) is 15.6 Å². The molecule has 1 rings (SSSR count). The van der Waals surface area contributed by atoms with Gasteiger partial charge in [-0.1, -0.05) is 27.7 Å². The van der Waals surface area contributed by atoms with Gasteiger partial charge in [0.25, 0.3) is 0 Å². The zero-order valence-corrected chi connectivity index (χ0v) is 11.2. The first-order valence-electron chi connectivity index (χ1n) is 5.53. The van der Waals surface area contributed by atoms with Gasteiger partial charge in [-0.15, -0.1) is 11.3 Å². The van der Waals surface area contributed by atoms with Crippen molar-refractivity contribution < 1.29 is 0 Å². The maximum Gasteiger partial charge on any atom is 0.0933 e. The van der Waals surface area contributed by atoms with E-state index in [0.717, 1.165) is 12.1 Å². The van der Waals surface area contributed by atoms with Gasteiger partial charge in [-0.25, -0.2) is 4.98 Å². The van der Waals surface area contributed by atoms with Crippen molar-refractivity contribution in [3.8, 4) is 0 Å². The molecule has 0 bridgehead atoms. The minimum atomic E-state index is 0.0664. The third kappa shape index (κ3) is 3.02. The number of rotatable bonds is 4. The highest BCUT2D eigenvalue weighted by atomic mass is 32.1. The van der Waals surface area contributed by atoms with E-state index < -0.39 is 0 Å². The zero-order chi connectivity index (χ0) is 11.6. The molecule has 0 saturated carbocycles. The summed E-state index contributed by atoms with van der Waals surface area (Å²) in [6.07, 6.45) is 1.08. The fourth-order valence-electron chi connectivity index (χ4n) is 1.61. The number of nitrogens with two attached hydrogens (primary N) is 1. The predicted octanol–water partition coefficient (Wildman–Crippen LogP) is 2.89. The molecular formula is C12H22N2S. The van der Waals surface area contributed by atoms with Gasteiger partial charge in [-0.2, -0.15) is 0 Å². The molecule has 15 heavy (non-hydrogen) atoms. The molecule has 1 aromatic rings. The average Bonchev–Trinajstić information content (AvgIpc) is 2.46. The smallest absolute Gasteiger partial charge is 0.0933 e. The molecule has 0 amide bonds. The van der Waals surface area contributed by atoms with E-state index in [1.807, 2.05) is 11.3 Å². The van der Waals surface area contributed by atoms with Crippen LogP contribution in [0.4, 0.5) is 0 Å². The minimum Gasteiger partial charge on any atom is -0.330 e. The molecule has 0 fully saturated rings. The van der Waals surface area contributed by atoms with Crippen LogP contribution >= 0.6 is 11.3 Å². The summed E-state index contributed by atoms with van der Waals surface area (Å²) in [6.45, 7) is 11.6. The summed E-state index contributed by atoms with van der Waals surface area (Å²) >= 11 is 1.83. The van der Waals surface area contributed by atoms with Gasteiger partial charge < -0.3 is 5.73 Å². The van der Waals surface area contributed by atoms with Crippen molar-refractivity contribution in [2.75, 3.05) is 6.54 Å². The second-order valence-corrected chi connectivity index (χ2v) is 6.29. The lowest BCUT2D eigenvalue weighted by atomic mass is 9.91. The van der Waals surface area contributed by atoms with Gasteiger partial charge in [0, 0.05) is 23.3 Å². The highest BCUT2D eigenvalue weighted by Gasteiger charge is 2.24. The first-order chi connectivity index (χ1) is 6.86. The van der Waals surface area contributed by atoms with Gasteiger partial charge >= 0.3 is 0 Å². The molecular weight excluding hydrogens is 204 g/mol. The average molecular weight is 226 g/mol. The number of hydrogen-bond acceptors (Lipinski definition) is 3. The summed E-state index contributed by atoms with van der Waals surface area (Å²) in [5.74, 6) is 0.671. The van der Waals surface area contributed by atoms with Crippen LogP contribution in [0.15, 0.2) is 0 Å². The normalized spacial score (nSPS) is 12.5. The van der Waals surface area contributed by atoms with Crippen molar-refractivity contribution in [3.63, 3.8) is 0 Å². The Morgan fingerprint density at radius 2 is 2.00 bits per heavy atom. The van der Waals surface area contributed by atoms with E-state index in [1.165, 1.54) is 9.88 Å². The summed E-state index contributed by atoms with van der Waals surface area (Å²) in [6, 6.07) is 0. The van der Waals surface area contributed by atoms with Gasteiger partial charge in [-0.3, -0.25) is 0 Å². The zero-order valence-electron chi connectivity index (χ0n) is 10.4. The Kier molecular flexibility index (Phi) is 3.90. The molecule has 0 radical (unpaired) electrons. The largest absolute Gasteiger partial charge is 0.330 e. The lowest BCUT2D eigenvalue weighted by Crippen LogP contribution is -2.27. The number of aryl methyl sites for hydroxylation is 1. The fraction of sp³-hybridized carbons (Fsp3) is 0.750. The Hall–Kier alpha value is -0.410. The molecule has 0 unspecified atom stereocenters. The Labute approximate surface area is 96.9 Å². The quantitative estimate of drug-likeness (QED) is 0.857. The molecule has 2 nitrogen and oxygen atoms in total. The first-order valence-corrected chi connectivity index (χ1v) is 6.35. The van der Waals surface area contributed by atoms with Gasteiger partial charge in [0.2, 0.25) is 0 Å². The van der Waals surface area contributed by atoms with Crippen LogP contribution in [0.25, 0.3) is 0 Å². The predicted molar refractivity (Wildman–Crippen MR) is 67.5 cm³/mol. The van der Waals surface area contributed by atoms with Crippen LogP contribution in [0.2, 0.25) is 0 Å². The number of thiazole rings is 1. The van der Waals surface area contributed by atoms with E-state index in [2.05, 4.69) is 39.6 Å². The number of nitrogens with zero attached hydrogens (tertiary/aromatic N) is 1. The van der Waals surface area contributed by atoms with Crippen LogP contribution < -0.4 is 5.73 Å². The standard InChI is InChI=1S/C12H22N2S/c1-8(2)6-10-14-9(3)11(15-10)12(4,5)7-13/h8H,6-7,13H2,1-5H3. The van der Waals surface area contributed by atoms with Gasteiger partial charge in [0.1, 0.15) is 0 Å². The summed E-state index contributed by atoms with van der Waals surface area (Å²) in [4.78, 5) is 5.98. The van der Waals surface area contributed by atoms with Crippen LogP contribution in [0.3, 0.4) is 0 Å². The summed E-state index contributed by atoms with van der Waals surface area (Å²) in [5, 5.41) is 1.25. The number of hydrogen-bond donors (Lipinski definition) is 1. The number of aromatic nitrogens is 1. The molecule has 0 aliphatic carbocycles. The van der Waals surface area contributed by atoms with Crippen molar-refractivity contribution in [1.82, 2.24) is 4.98 Å². The van der Waals surface area contributed by atoms with E-state index >= 15 is 0 Å². The Morgan fingerprint density at radius 3 is 2.47 bits per heavy atom. The topological polar surface area (TPSA) is 38.9 Å². The van der Waals surface area contributed by atoms with Gasteiger partial charge in [0.05, 0.1) is 10.7 Å². The van der Waals surface area contributed by atoms with Crippen LogP contribution in [-0.2, 0) is 11.8 Å². The Morgan fingerprint density at radius 1 is 1.40 bits per heavy atom. The van der Waals surface area contributed by atoms with Crippen molar-refractivity contribution in [2.45, 2.75) is 46.5 Å². The summed E-state index contributed by atoms with van der Waals surface area (Å²) < 4.78 is 0. The SMILES string of the molecule is Cc1nc(CC(C)C)sc1C(C)(C)CN. The lowest BCUT2D eigenvalue weighted by Gasteiger charge is -2.20. The molecule has 2 N–H and O–H groups in total. The van der Waals surface area contributed by atoms with Crippen molar-refractivity contribution in [1.29, 1.82) is 0 Å².